The van der Waals surface area contributed by atoms with Gasteiger partial charge in [-0.15, -0.1) is 0 Å². The zero-order valence-electron chi connectivity index (χ0n) is 14.3. The van der Waals surface area contributed by atoms with Crippen molar-refractivity contribution in [3.63, 3.8) is 0 Å². The van der Waals surface area contributed by atoms with Crippen molar-refractivity contribution in [1.82, 2.24) is 0 Å². The molecule has 124 valence electrons. The molecule has 1 atom stereocenters. The van der Waals surface area contributed by atoms with Crippen molar-refractivity contribution in [3.8, 4) is 5.75 Å². The number of benzene rings is 1. The van der Waals surface area contributed by atoms with Gasteiger partial charge < -0.3 is 15.4 Å². The monoisotopic (exact) mass is 304 g/mol. The minimum absolute atomic E-state index is 0.291. The average Bonchev–Trinajstić information content (AvgIpc) is 2.53. The van der Waals surface area contributed by atoms with Gasteiger partial charge in [-0.3, -0.25) is 0 Å². The molecule has 1 aliphatic heterocycles. The second kappa shape index (κ2) is 8.92. The van der Waals surface area contributed by atoms with E-state index in [1.165, 1.54) is 44.9 Å². The number of unbranched alkanes of at least 4 members (excludes halogenated alkanes) is 6. The van der Waals surface area contributed by atoms with Crippen LogP contribution in [0.2, 0.25) is 0 Å². The number of nitrogens with two attached hydrogens (primary N) is 1. The lowest BCUT2D eigenvalue weighted by atomic mass is 10.1. The molecule has 1 heterocycles. The van der Waals surface area contributed by atoms with Crippen molar-refractivity contribution < 1.29 is 4.74 Å². The summed E-state index contributed by atoms with van der Waals surface area (Å²) < 4.78 is 6.04. The van der Waals surface area contributed by atoms with Crippen LogP contribution in [0.1, 0.15) is 65.2 Å². The summed E-state index contributed by atoms with van der Waals surface area (Å²) in [6, 6.07) is 6.01. The normalized spacial score (nSPS) is 17.2. The Bertz CT molecular complexity index is 447. The number of rotatable bonds is 9. The molecule has 1 unspecified atom stereocenters. The number of nitrogen functional groups attached to an aromatic ring is 1. The molecular weight excluding hydrogens is 272 g/mol. The minimum Gasteiger partial charge on any atom is -0.486 e. The van der Waals surface area contributed by atoms with Crippen LogP contribution in [-0.4, -0.2) is 19.2 Å². The topological polar surface area (TPSA) is 38.5 Å². The molecule has 2 rings (SSSR count). The highest BCUT2D eigenvalue weighted by atomic mass is 16.5. The van der Waals surface area contributed by atoms with Gasteiger partial charge in [-0.05, 0) is 25.0 Å². The van der Waals surface area contributed by atoms with Crippen LogP contribution < -0.4 is 15.4 Å². The number of nitrogens with zero attached hydrogens (tertiary/aromatic N) is 1. The SMILES string of the molecule is CCCCCCCCCN1CC(CC)Oc2cccc(N)c21. The van der Waals surface area contributed by atoms with Crippen LogP contribution >= 0.6 is 0 Å². The van der Waals surface area contributed by atoms with E-state index in [0.717, 1.165) is 36.6 Å². The van der Waals surface area contributed by atoms with Gasteiger partial charge in [0.15, 0.2) is 0 Å². The molecule has 1 aromatic rings. The number of para-hydroxylation sites is 1. The lowest BCUT2D eigenvalue weighted by Gasteiger charge is -2.37. The standard InChI is InChI=1S/C19H32N2O/c1-3-5-6-7-8-9-10-14-21-15-16(4-2)22-18-13-11-12-17(20)19(18)21/h11-13,16H,3-10,14-15,20H2,1-2H3. The quantitative estimate of drug-likeness (QED) is 0.515. The molecule has 0 radical (unpaired) electrons. The molecule has 1 aliphatic rings. The average molecular weight is 304 g/mol. The van der Waals surface area contributed by atoms with Gasteiger partial charge in [-0.1, -0.05) is 58.4 Å². The maximum absolute atomic E-state index is 6.18. The molecule has 2 N–H and O–H groups in total. The van der Waals surface area contributed by atoms with E-state index in [1.807, 2.05) is 18.2 Å². The van der Waals surface area contributed by atoms with Crippen molar-refractivity contribution >= 4 is 11.4 Å². The maximum Gasteiger partial charge on any atom is 0.145 e. The summed E-state index contributed by atoms with van der Waals surface area (Å²) in [5.74, 6) is 0.959. The second-order valence-electron chi connectivity index (χ2n) is 6.41. The zero-order chi connectivity index (χ0) is 15.8. The van der Waals surface area contributed by atoms with Gasteiger partial charge >= 0.3 is 0 Å². The van der Waals surface area contributed by atoms with Crippen LogP contribution in [-0.2, 0) is 0 Å². The summed E-state index contributed by atoms with van der Waals surface area (Å²) in [7, 11) is 0. The molecule has 0 amide bonds. The van der Waals surface area contributed by atoms with Crippen molar-refractivity contribution in [2.75, 3.05) is 23.7 Å². The van der Waals surface area contributed by atoms with Crippen LogP contribution in [0, 0.1) is 0 Å². The van der Waals surface area contributed by atoms with E-state index in [9.17, 15) is 0 Å². The highest BCUT2D eigenvalue weighted by Crippen LogP contribution is 2.38. The molecule has 3 nitrogen and oxygen atoms in total. The largest absolute Gasteiger partial charge is 0.486 e. The molecule has 0 fully saturated rings. The van der Waals surface area contributed by atoms with Crippen LogP contribution in [0.15, 0.2) is 18.2 Å². The molecule has 0 saturated carbocycles. The zero-order valence-corrected chi connectivity index (χ0v) is 14.3. The smallest absolute Gasteiger partial charge is 0.145 e. The first-order chi connectivity index (χ1) is 10.8. The summed E-state index contributed by atoms with van der Waals surface area (Å²) in [4.78, 5) is 2.44. The van der Waals surface area contributed by atoms with E-state index < -0.39 is 0 Å². The van der Waals surface area contributed by atoms with Gasteiger partial charge in [0.1, 0.15) is 17.5 Å². The molecule has 3 heteroatoms. The summed E-state index contributed by atoms with van der Waals surface area (Å²) >= 11 is 0. The first-order valence-electron chi connectivity index (χ1n) is 9.06. The number of hydrogen-bond donors (Lipinski definition) is 1. The highest BCUT2D eigenvalue weighted by molar-refractivity contribution is 5.75. The van der Waals surface area contributed by atoms with Crippen LogP contribution in [0.3, 0.4) is 0 Å². The van der Waals surface area contributed by atoms with Crippen LogP contribution in [0.4, 0.5) is 11.4 Å². The van der Waals surface area contributed by atoms with E-state index in [1.54, 1.807) is 0 Å². The molecule has 0 bridgehead atoms. The van der Waals surface area contributed by atoms with Crippen molar-refractivity contribution in [2.24, 2.45) is 0 Å². The van der Waals surface area contributed by atoms with Crippen molar-refractivity contribution in [3.05, 3.63) is 18.2 Å². The fourth-order valence-electron chi connectivity index (χ4n) is 3.20. The number of fused-ring (bicyclic) bond motifs is 1. The maximum atomic E-state index is 6.18. The summed E-state index contributed by atoms with van der Waals surface area (Å²) in [6.45, 7) is 6.51. The van der Waals surface area contributed by atoms with Crippen molar-refractivity contribution in [1.29, 1.82) is 0 Å². The van der Waals surface area contributed by atoms with Gasteiger partial charge in [-0.2, -0.15) is 0 Å². The lowest BCUT2D eigenvalue weighted by Crippen LogP contribution is -2.40. The summed E-state index contributed by atoms with van der Waals surface area (Å²) in [6.07, 6.45) is 10.7. The first-order valence-corrected chi connectivity index (χ1v) is 9.06. The predicted octanol–water partition coefficient (Wildman–Crippen LogP) is 5.00. The Labute approximate surface area is 135 Å². The number of hydrogen-bond acceptors (Lipinski definition) is 3. The van der Waals surface area contributed by atoms with E-state index in [2.05, 4.69) is 18.7 Å². The number of ether oxygens (including phenoxy) is 1. The molecule has 0 spiro atoms. The second-order valence-corrected chi connectivity index (χ2v) is 6.41. The van der Waals surface area contributed by atoms with Crippen LogP contribution in [0.25, 0.3) is 0 Å². The van der Waals surface area contributed by atoms with E-state index in [0.29, 0.717) is 6.10 Å². The Morgan fingerprint density at radius 1 is 1.09 bits per heavy atom. The fraction of sp³-hybridized carbons (Fsp3) is 0.684. The third kappa shape index (κ3) is 4.56. The predicted molar refractivity (Wildman–Crippen MR) is 95.8 cm³/mol. The van der Waals surface area contributed by atoms with E-state index >= 15 is 0 Å². The summed E-state index contributed by atoms with van der Waals surface area (Å²) in [5.41, 5.74) is 8.13. The minimum atomic E-state index is 0.291. The van der Waals surface area contributed by atoms with Gasteiger partial charge in [0.05, 0.1) is 12.2 Å². The Balaban J connectivity index is 1.85. The van der Waals surface area contributed by atoms with Gasteiger partial charge in [0.2, 0.25) is 0 Å². The first kappa shape index (κ1) is 17.0. The van der Waals surface area contributed by atoms with Gasteiger partial charge in [0, 0.05) is 6.54 Å². The fourth-order valence-corrected chi connectivity index (χ4v) is 3.20. The Kier molecular flexibility index (Phi) is 6.88. The van der Waals surface area contributed by atoms with E-state index in [-0.39, 0.29) is 0 Å². The van der Waals surface area contributed by atoms with E-state index in [4.69, 9.17) is 10.5 Å². The van der Waals surface area contributed by atoms with Gasteiger partial charge in [0.25, 0.3) is 0 Å². The van der Waals surface area contributed by atoms with Crippen LogP contribution in [0.5, 0.6) is 5.75 Å². The van der Waals surface area contributed by atoms with Crippen molar-refractivity contribution in [2.45, 2.75) is 71.3 Å². The molecule has 0 aromatic heterocycles. The Hall–Kier alpha value is -1.38. The molecule has 22 heavy (non-hydrogen) atoms. The van der Waals surface area contributed by atoms with Gasteiger partial charge in [-0.25, -0.2) is 0 Å². The summed E-state index contributed by atoms with van der Waals surface area (Å²) in [5, 5.41) is 0. The third-order valence-corrected chi connectivity index (χ3v) is 4.55. The highest BCUT2D eigenvalue weighted by Gasteiger charge is 2.25. The Morgan fingerprint density at radius 3 is 2.55 bits per heavy atom. The number of anilines is 2. The molecule has 0 saturated heterocycles. The third-order valence-electron chi connectivity index (χ3n) is 4.55. The lowest BCUT2D eigenvalue weighted by molar-refractivity contribution is 0.189. The Morgan fingerprint density at radius 2 is 1.82 bits per heavy atom. The molecular formula is C19H32N2O. The molecule has 1 aromatic carbocycles. The molecule has 0 aliphatic carbocycles.